The van der Waals surface area contributed by atoms with Gasteiger partial charge in [0.05, 0.1) is 15.7 Å². The first kappa shape index (κ1) is 16.2. The number of hydrogen-bond acceptors (Lipinski definition) is 2. The quantitative estimate of drug-likeness (QED) is 0.865. The van der Waals surface area contributed by atoms with Crippen LogP contribution in [0.1, 0.15) is 18.9 Å². The number of para-hydroxylation sites is 1. The van der Waals surface area contributed by atoms with E-state index in [4.69, 9.17) is 23.2 Å². The predicted molar refractivity (Wildman–Crippen MR) is 96.7 cm³/mol. The summed E-state index contributed by atoms with van der Waals surface area (Å²) in [6, 6.07) is 13.2. The van der Waals surface area contributed by atoms with Crippen molar-refractivity contribution in [1.82, 2.24) is 0 Å². The molecule has 0 spiro atoms. The minimum Gasteiger partial charge on any atom is -0.360 e. The zero-order valence-corrected chi connectivity index (χ0v) is 14.4. The van der Waals surface area contributed by atoms with Crippen LogP contribution in [0.5, 0.6) is 0 Å². The number of rotatable bonds is 3. The van der Waals surface area contributed by atoms with E-state index in [1.54, 1.807) is 18.2 Å². The molecule has 1 atom stereocenters. The van der Waals surface area contributed by atoms with E-state index >= 15 is 0 Å². The zero-order valence-electron chi connectivity index (χ0n) is 12.9. The molecule has 1 N–H and O–H groups in total. The van der Waals surface area contributed by atoms with E-state index in [-0.39, 0.29) is 11.9 Å². The summed E-state index contributed by atoms with van der Waals surface area (Å²) in [5.41, 5.74) is 2.97. The number of benzene rings is 2. The molecule has 0 radical (unpaired) electrons. The Hall–Kier alpha value is -1.71. The molecule has 120 valence electrons. The molecule has 0 saturated heterocycles. The van der Waals surface area contributed by atoms with Gasteiger partial charge in [-0.3, -0.25) is 4.79 Å². The Balaban J connectivity index is 1.80. The van der Waals surface area contributed by atoms with E-state index < -0.39 is 0 Å². The molecule has 3 rings (SSSR count). The first-order chi connectivity index (χ1) is 11.1. The number of nitrogens with one attached hydrogen (secondary N) is 1. The lowest BCUT2D eigenvalue weighted by molar-refractivity contribution is -0.117. The van der Waals surface area contributed by atoms with Crippen LogP contribution < -0.4 is 10.2 Å². The van der Waals surface area contributed by atoms with Crippen LogP contribution in [0, 0.1) is 0 Å². The van der Waals surface area contributed by atoms with Gasteiger partial charge in [-0.2, -0.15) is 0 Å². The third kappa shape index (κ3) is 3.31. The van der Waals surface area contributed by atoms with Gasteiger partial charge in [0.15, 0.2) is 0 Å². The van der Waals surface area contributed by atoms with E-state index in [0.717, 1.165) is 25.1 Å². The van der Waals surface area contributed by atoms with Crippen molar-refractivity contribution in [3.63, 3.8) is 0 Å². The molecule has 1 aliphatic heterocycles. The number of halogens is 2. The van der Waals surface area contributed by atoms with Crippen molar-refractivity contribution in [3.8, 4) is 0 Å². The number of hydrogen-bond donors (Lipinski definition) is 1. The Morgan fingerprint density at radius 2 is 1.96 bits per heavy atom. The second-order valence-corrected chi connectivity index (χ2v) is 6.48. The number of carbonyl (C=O) groups is 1. The highest BCUT2D eigenvalue weighted by molar-refractivity contribution is 6.44. The normalized spacial score (nSPS) is 15.0. The van der Waals surface area contributed by atoms with Crippen LogP contribution in [0.4, 0.5) is 11.4 Å². The third-order valence-corrected chi connectivity index (χ3v) is 5.02. The highest BCUT2D eigenvalue weighted by Crippen LogP contribution is 2.31. The highest BCUT2D eigenvalue weighted by Gasteiger charge is 2.26. The van der Waals surface area contributed by atoms with Crippen LogP contribution in [0.2, 0.25) is 10.0 Å². The number of nitrogens with zero attached hydrogens (tertiary/aromatic N) is 1. The molecule has 0 fully saturated rings. The molecule has 0 saturated carbocycles. The maximum Gasteiger partial charge on any atom is 0.246 e. The maximum absolute atomic E-state index is 12.6. The second kappa shape index (κ2) is 6.81. The molecule has 1 amide bonds. The molecular weight excluding hydrogens is 331 g/mol. The standard InChI is InChI=1S/C18H18Cl2N2O/c1-12(18(23)21-15-9-4-8-14(19)17(15)20)22-11-5-7-13-6-2-3-10-16(13)22/h2-4,6,8-10,12H,5,7,11H2,1H3,(H,21,23). The molecule has 0 aromatic heterocycles. The van der Waals surface area contributed by atoms with Gasteiger partial charge in [0.1, 0.15) is 6.04 Å². The average molecular weight is 349 g/mol. The van der Waals surface area contributed by atoms with Crippen LogP contribution in [0.15, 0.2) is 42.5 Å². The minimum absolute atomic E-state index is 0.0918. The van der Waals surface area contributed by atoms with Crippen LogP contribution >= 0.6 is 23.2 Å². The first-order valence-corrected chi connectivity index (χ1v) is 8.43. The van der Waals surface area contributed by atoms with Crippen molar-refractivity contribution in [1.29, 1.82) is 0 Å². The van der Waals surface area contributed by atoms with Crippen LogP contribution in [-0.2, 0) is 11.2 Å². The van der Waals surface area contributed by atoms with E-state index in [0.29, 0.717) is 15.7 Å². The first-order valence-electron chi connectivity index (χ1n) is 7.67. The molecule has 0 bridgehead atoms. The van der Waals surface area contributed by atoms with Crippen molar-refractivity contribution in [2.24, 2.45) is 0 Å². The fraction of sp³-hybridized carbons (Fsp3) is 0.278. The average Bonchev–Trinajstić information content (AvgIpc) is 2.57. The van der Waals surface area contributed by atoms with Gasteiger partial charge in [-0.05, 0) is 43.5 Å². The van der Waals surface area contributed by atoms with Gasteiger partial charge in [-0.1, -0.05) is 47.5 Å². The van der Waals surface area contributed by atoms with Crippen LogP contribution in [0.3, 0.4) is 0 Å². The second-order valence-electron chi connectivity index (χ2n) is 5.69. The molecule has 2 aromatic rings. The zero-order chi connectivity index (χ0) is 16.4. The molecule has 2 aromatic carbocycles. The van der Waals surface area contributed by atoms with Gasteiger partial charge >= 0.3 is 0 Å². The van der Waals surface area contributed by atoms with Gasteiger partial charge in [-0.15, -0.1) is 0 Å². The van der Waals surface area contributed by atoms with Crippen LogP contribution in [-0.4, -0.2) is 18.5 Å². The van der Waals surface area contributed by atoms with Crippen molar-refractivity contribution in [3.05, 3.63) is 58.1 Å². The number of anilines is 2. The Bertz CT molecular complexity index is 733. The molecule has 23 heavy (non-hydrogen) atoms. The van der Waals surface area contributed by atoms with Crippen molar-refractivity contribution < 1.29 is 4.79 Å². The summed E-state index contributed by atoms with van der Waals surface area (Å²) in [7, 11) is 0. The SMILES string of the molecule is CC(C(=O)Nc1cccc(Cl)c1Cl)N1CCCc2ccccc21. The molecule has 3 nitrogen and oxygen atoms in total. The summed E-state index contributed by atoms with van der Waals surface area (Å²) in [5, 5.41) is 3.68. The summed E-state index contributed by atoms with van der Waals surface area (Å²) in [5.74, 6) is -0.0918. The monoisotopic (exact) mass is 348 g/mol. The highest BCUT2D eigenvalue weighted by atomic mass is 35.5. The van der Waals surface area contributed by atoms with E-state index in [1.165, 1.54) is 5.56 Å². The van der Waals surface area contributed by atoms with Crippen molar-refractivity contribution in [2.75, 3.05) is 16.8 Å². The fourth-order valence-corrected chi connectivity index (χ4v) is 3.29. The number of amides is 1. The summed E-state index contributed by atoms with van der Waals surface area (Å²) in [6.07, 6.45) is 2.10. The molecule has 5 heteroatoms. The third-order valence-electron chi connectivity index (χ3n) is 4.20. The Morgan fingerprint density at radius 1 is 1.17 bits per heavy atom. The Kier molecular flexibility index (Phi) is 4.79. The van der Waals surface area contributed by atoms with Gasteiger partial charge in [0.25, 0.3) is 0 Å². The number of carbonyl (C=O) groups excluding carboxylic acids is 1. The molecule has 1 aliphatic rings. The van der Waals surface area contributed by atoms with E-state index in [9.17, 15) is 4.79 Å². The van der Waals surface area contributed by atoms with Gasteiger partial charge < -0.3 is 10.2 Å². The summed E-state index contributed by atoms with van der Waals surface area (Å²) < 4.78 is 0. The summed E-state index contributed by atoms with van der Waals surface area (Å²) >= 11 is 12.1. The van der Waals surface area contributed by atoms with Crippen molar-refractivity contribution in [2.45, 2.75) is 25.8 Å². The smallest absolute Gasteiger partial charge is 0.246 e. The topological polar surface area (TPSA) is 32.3 Å². The van der Waals surface area contributed by atoms with Crippen LogP contribution in [0.25, 0.3) is 0 Å². The maximum atomic E-state index is 12.6. The molecule has 0 aliphatic carbocycles. The molecule has 1 heterocycles. The lowest BCUT2D eigenvalue weighted by Gasteiger charge is -2.35. The lowest BCUT2D eigenvalue weighted by atomic mass is 10.00. The van der Waals surface area contributed by atoms with Gasteiger partial charge in [0, 0.05) is 12.2 Å². The molecule has 1 unspecified atom stereocenters. The van der Waals surface area contributed by atoms with Crippen molar-refractivity contribution >= 4 is 40.5 Å². The van der Waals surface area contributed by atoms with Gasteiger partial charge in [0.2, 0.25) is 5.91 Å². The number of fused-ring (bicyclic) bond motifs is 1. The Morgan fingerprint density at radius 3 is 2.78 bits per heavy atom. The minimum atomic E-state index is -0.286. The molecular formula is C18H18Cl2N2O. The van der Waals surface area contributed by atoms with Gasteiger partial charge in [-0.25, -0.2) is 0 Å². The fourth-order valence-electron chi connectivity index (χ4n) is 2.94. The Labute approximate surface area is 146 Å². The summed E-state index contributed by atoms with van der Waals surface area (Å²) in [6.45, 7) is 2.78. The number of aryl methyl sites for hydroxylation is 1. The largest absolute Gasteiger partial charge is 0.360 e. The summed E-state index contributed by atoms with van der Waals surface area (Å²) in [4.78, 5) is 14.8. The van der Waals surface area contributed by atoms with E-state index in [1.807, 2.05) is 19.1 Å². The van der Waals surface area contributed by atoms with E-state index in [2.05, 4.69) is 22.3 Å². The predicted octanol–water partition coefficient (Wildman–Crippen LogP) is 4.77. The lowest BCUT2D eigenvalue weighted by Crippen LogP contribution is -2.44.